The molecule has 108 valence electrons. The number of hydrogen-bond acceptors (Lipinski definition) is 6. The van der Waals surface area contributed by atoms with Gasteiger partial charge in [0.1, 0.15) is 19.0 Å². The standard InChI is InChI=1S/C14H17NO5/c1-10(15)9-13(16)19-7-8-20-14(17)11-3-5-12(18-2)6-4-11/h3-6,9H,7-8,15H2,1-2H3/b10-9-. The molecule has 0 aliphatic carbocycles. The number of nitrogens with two attached hydrogens (primary N) is 1. The molecule has 0 saturated heterocycles. The molecular weight excluding hydrogens is 262 g/mol. The molecule has 2 N–H and O–H groups in total. The summed E-state index contributed by atoms with van der Waals surface area (Å²) in [5.74, 6) is -0.404. The first kappa shape index (κ1) is 15.6. The van der Waals surface area contributed by atoms with Gasteiger partial charge in [-0.25, -0.2) is 9.59 Å². The van der Waals surface area contributed by atoms with Crippen molar-refractivity contribution in [2.75, 3.05) is 20.3 Å². The van der Waals surface area contributed by atoms with Crippen molar-refractivity contribution in [2.24, 2.45) is 5.73 Å². The molecule has 6 heteroatoms. The molecule has 0 spiro atoms. The summed E-state index contributed by atoms with van der Waals surface area (Å²) in [5, 5.41) is 0. The van der Waals surface area contributed by atoms with E-state index in [0.717, 1.165) is 6.08 Å². The molecule has 0 aromatic heterocycles. The van der Waals surface area contributed by atoms with Crippen LogP contribution in [0.1, 0.15) is 17.3 Å². The van der Waals surface area contributed by atoms with Crippen molar-refractivity contribution in [3.63, 3.8) is 0 Å². The molecule has 6 nitrogen and oxygen atoms in total. The van der Waals surface area contributed by atoms with E-state index in [4.69, 9.17) is 19.9 Å². The summed E-state index contributed by atoms with van der Waals surface area (Å²) in [5.41, 5.74) is 6.06. The number of hydrogen-bond donors (Lipinski definition) is 1. The van der Waals surface area contributed by atoms with E-state index >= 15 is 0 Å². The highest BCUT2D eigenvalue weighted by Crippen LogP contribution is 2.11. The molecule has 0 aliphatic heterocycles. The minimum Gasteiger partial charge on any atom is -0.497 e. The first-order valence-electron chi connectivity index (χ1n) is 5.94. The molecule has 20 heavy (non-hydrogen) atoms. The maximum absolute atomic E-state index is 11.6. The van der Waals surface area contributed by atoms with E-state index in [1.54, 1.807) is 38.3 Å². The van der Waals surface area contributed by atoms with E-state index in [0.29, 0.717) is 17.0 Å². The maximum Gasteiger partial charge on any atom is 0.338 e. The molecule has 1 aromatic rings. The van der Waals surface area contributed by atoms with Gasteiger partial charge in [-0.15, -0.1) is 0 Å². The smallest absolute Gasteiger partial charge is 0.338 e. The zero-order chi connectivity index (χ0) is 15.0. The molecule has 0 unspecified atom stereocenters. The van der Waals surface area contributed by atoms with Gasteiger partial charge in [-0.2, -0.15) is 0 Å². The van der Waals surface area contributed by atoms with Crippen molar-refractivity contribution in [1.82, 2.24) is 0 Å². The summed E-state index contributed by atoms with van der Waals surface area (Å²) in [6.07, 6.45) is 1.16. The van der Waals surface area contributed by atoms with Gasteiger partial charge in [0.2, 0.25) is 0 Å². The summed E-state index contributed by atoms with van der Waals surface area (Å²) in [6.45, 7) is 1.53. The molecule has 1 rings (SSSR count). The Balaban J connectivity index is 2.32. The SMILES string of the molecule is COc1ccc(C(=O)OCCOC(=O)/C=C(/C)N)cc1. The second-order valence-electron chi connectivity index (χ2n) is 3.92. The van der Waals surface area contributed by atoms with Crippen LogP contribution in [0.4, 0.5) is 0 Å². The highest BCUT2D eigenvalue weighted by Gasteiger charge is 2.07. The summed E-state index contributed by atoms with van der Waals surface area (Å²) < 4.78 is 14.7. The van der Waals surface area contributed by atoms with E-state index in [-0.39, 0.29) is 13.2 Å². The lowest BCUT2D eigenvalue weighted by molar-refractivity contribution is -0.138. The van der Waals surface area contributed by atoms with Crippen LogP contribution in [0.15, 0.2) is 36.0 Å². The summed E-state index contributed by atoms with van der Waals surface area (Å²) in [6, 6.07) is 6.50. The molecule has 1 aromatic carbocycles. The van der Waals surface area contributed by atoms with Gasteiger partial charge >= 0.3 is 11.9 Å². The summed E-state index contributed by atoms with van der Waals surface area (Å²) >= 11 is 0. The molecule has 0 heterocycles. The van der Waals surface area contributed by atoms with Crippen molar-refractivity contribution in [3.8, 4) is 5.75 Å². The number of ether oxygens (including phenoxy) is 3. The van der Waals surface area contributed by atoms with Gasteiger partial charge in [-0.05, 0) is 31.2 Å². The maximum atomic E-state index is 11.6. The lowest BCUT2D eigenvalue weighted by atomic mass is 10.2. The van der Waals surface area contributed by atoms with Crippen LogP contribution in [0.25, 0.3) is 0 Å². The predicted molar refractivity (Wildman–Crippen MR) is 72.2 cm³/mol. The minimum atomic E-state index is -0.564. The van der Waals surface area contributed by atoms with E-state index in [1.165, 1.54) is 0 Å². The Kier molecular flexibility index (Phi) is 6.09. The Labute approximate surface area is 117 Å². The van der Waals surface area contributed by atoms with Gasteiger partial charge in [-0.3, -0.25) is 0 Å². The van der Waals surface area contributed by atoms with Crippen molar-refractivity contribution in [1.29, 1.82) is 0 Å². The van der Waals surface area contributed by atoms with Crippen LogP contribution in [0.5, 0.6) is 5.75 Å². The van der Waals surface area contributed by atoms with E-state index in [1.807, 2.05) is 0 Å². The molecule has 0 saturated carbocycles. The lowest BCUT2D eigenvalue weighted by Crippen LogP contribution is -2.13. The zero-order valence-electron chi connectivity index (χ0n) is 11.4. The molecule has 0 atom stereocenters. The number of benzene rings is 1. The first-order chi connectivity index (χ1) is 9.52. The topological polar surface area (TPSA) is 87.9 Å². The Morgan fingerprint density at radius 3 is 2.30 bits per heavy atom. The predicted octanol–water partition coefficient (Wildman–Crippen LogP) is 1.26. The third-order valence-corrected chi connectivity index (χ3v) is 2.23. The summed E-state index contributed by atoms with van der Waals surface area (Å²) in [4.78, 5) is 22.7. The Bertz CT molecular complexity index is 489. The fourth-order valence-electron chi connectivity index (χ4n) is 1.31. The van der Waals surface area contributed by atoms with Gasteiger partial charge in [0, 0.05) is 11.8 Å². The van der Waals surface area contributed by atoms with Gasteiger partial charge in [-0.1, -0.05) is 0 Å². The average molecular weight is 279 g/mol. The average Bonchev–Trinajstić information content (AvgIpc) is 2.42. The van der Waals surface area contributed by atoms with Gasteiger partial charge in [0.05, 0.1) is 12.7 Å². The zero-order valence-corrected chi connectivity index (χ0v) is 11.4. The monoisotopic (exact) mass is 279 g/mol. The van der Waals surface area contributed by atoms with Crippen LogP contribution < -0.4 is 10.5 Å². The lowest BCUT2D eigenvalue weighted by Gasteiger charge is -2.06. The van der Waals surface area contributed by atoms with E-state index in [9.17, 15) is 9.59 Å². The summed E-state index contributed by atoms with van der Waals surface area (Å²) in [7, 11) is 1.54. The fourth-order valence-corrected chi connectivity index (χ4v) is 1.31. The van der Waals surface area contributed by atoms with Crippen LogP contribution in [0.3, 0.4) is 0 Å². The van der Waals surface area contributed by atoms with Gasteiger partial charge in [0.25, 0.3) is 0 Å². The van der Waals surface area contributed by atoms with E-state index in [2.05, 4.69) is 0 Å². The molecule has 0 radical (unpaired) electrons. The molecule has 0 bridgehead atoms. The minimum absolute atomic E-state index is 0.0198. The van der Waals surface area contributed by atoms with Crippen LogP contribution in [-0.4, -0.2) is 32.3 Å². The first-order valence-corrected chi connectivity index (χ1v) is 5.94. The number of rotatable bonds is 6. The van der Waals surface area contributed by atoms with Crippen LogP contribution >= 0.6 is 0 Å². The Morgan fingerprint density at radius 1 is 1.15 bits per heavy atom. The van der Waals surface area contributed by atoms with Gasteiger partial charge < -0.3 is 19.9 Å². The number of carbonyl (C=O) groups excluding carboxylic acids is 2. The Morgan fingerprint density at radius 2 is 1.75 bits per heavy atom. The van der Waals surface area contributed by atoms with Crippen molar-refractivity contribution in [3.05, 3.63) is 41.6 Å². The molecule has 0 aliphatic rings. The van der Waals surface area contributed by atoms with E-state index < -0.39 is 11.9 Å². The van der Waals surface area contributed by atoms with Gasteiger partial charge in [0.15, 0.2) is 0 Å². The molecule has 0 fully saturated rings. The number of methoxy groups -OCH3 is 1. The normalized spacial score (nSPS) is 10.8. The second-order valence-corrected chi connectivity index (χ2v) is 3.92. The third-order valence-electron chi connectivity index (χ3n) is 2.23. The highest BCUT2D eigenvalue weighted by molar-refractivity contribution is 5.89. The van der Waals surface area contributed by atoms with Crippen molar-refractivity contribution < 1.29 is 23.8 Å². The molecule has 0 amide bonds. The highest BCUT2D eigenvalue weighted by atomic mass is 16.6. The largest absolute Gasteiger partial charge is 0.497 e. The number of carbonyl (C=O) groups is 2. The van der Waals surface area contributed by atoms with Crippen molar-refractivity contribution >= 4 is 11.9 Å². The second kappa shape index (κ2) is 7.83. The fraction of sp³-hybridized carbons (Fsp3) is 0.286. The number of allylic oxidation sites excluding steroid dienone is 1. The Hall–Kier alpha value is -2.50. The number of esters is 2. The quantitative estimate of drug-likeness (QED) is 0.479. The van der Waals surface area contributed by atoms with Crippen LogP contribution in [-0.2, 0) is 14.3 Å². The van der Waals surface area contributed by atoms with Crippen LogP contribution in [0, 0.1) is 0 Å². The third kappa shape index (κ3) is 5.43. The van der Waals surface area contributed by atoms with Crippen LogP contribution in [0.2, 0.25) is 0 Å². The molecular formula is C14H17NO5. The van der Waals surface area contributed by atoms with Crippen molar-refractivity contribution in [2.45, 2.75) is 6.92 Å².